The highest BCUT2D eigenvalue weighted by Crippen LogP contribution is 2.32. The molecule has 0 saturated heterocycles. The summed E-state index contributed by atoms with van der Waals surface area (Å²) >= 11 is 0. The maximum Gasteiger partial charge on any atom is 0.127 e. The molecule has 0 aliphatic heterocycles. The van der Waals surface area contributed by atoms with Crippen LogP contribution in [0.15, 0.2) is 24.3 Å². The van der Waals surface area contributed by atoms with Crippen molar-refractivity contribution < 1.29 is 9.13 Å². The third kappa shape index (κ3) is 2.86. The van der Waals surface area contributed by atoms with Crippen molar-refractivity contribution in [3.8, 4) is 5.75 Å². The molecule has 2 rings (SSSR count). The summed E-state index contributed by atoms with van der Waals surface area (Å²) in [7, 11) is 1.55. The van der Waals surface area contributed by atoms with E-state index in [1.165, 1.54) is 6.07 Å². The van der Waals surface area contributed by atoms with Gasteiger partial charge in [-0.25, -0.2) is 4.39 Å². The van der Waals surface area contributed by atoms with Crippen LogP contribution in [-0.2, 0) is 0 Å². The highest BCUT2D eigenvalue weighted by molar-refractivity contribution is 5.67. The second-order valence-corrected chi connectivity index (χ2v) is 4.97. The summed E-state index contributed by atoms with van der Waals surface area (Å²) in [4.78, 5) is 0. The average molecular weight is 235 g/mol. The third-order valence-electron chi connectivity index (χ3n) is 3.26. The minimum absolute atomic E-state index is 0.124. The van der Waals surface area contributed by atoms with E-state index in [9.17, 15) is 4.39 Å². The summed E-state index contributed by atoms with van der Waals surface area (Å²) in [5, 5.41) is 0. The highest BCUT2D eigenvalue weighted by Gasteiger charge is 2.22. The third-order valence-corrected chi connectivity index (χ3v) is 3.26. The molecule has 0 saturated carbocycles. The van der Waals surface area contributed by atoms with Gasteiger partial charge in [-0.3, -0.25) is 0 Å². The van der Waals surface area contributed by atoms with Crippen molar-refractivity contribution in [2.45, 2.75) is 31.7 Å². The van der Waals surface area contributed by atoms with Crippen LogP contribution in [0.1, 0.15) is 31.7 Å². The van der Waals surface area contributed by atoms with Crippen molar-refractivity contribution in [3.63, 3.8) is 0 Å². The first-order valence-electron chi connectivity index (χ1n) is 5.83. The Balaban J connectivity index is 2.29. The molecule has 1 aromatic rings. The second kappa shape index (κ2) is 4.49. The van der Waals surface area contributed by atoms with Gasteiger partial charge in [-0.2, -0.15) is 0 Å². The fourth-order valence-electron chi connectivity index (χ4n) is 2.11. The van der Waals surface area contributed by atoms with E-state index in [-0.39, 0.29) is 11.4 Å². The standard InChI is InChI=1S/C14H18FNO/c1-14(16)5-3-10(4-6-14)11-7-12(15)9-13(8-11)17-2/h3,7-9H,4-6,16H2,1-2H3. The van der Waals surface area contributed by atoms with Crippen LogP contribution in [0.2, 0.25) is 0 Å². The smallest absolute Gasteiger partial charge is 0.127 e. The molecule has 0 heterocycles. The second-order valence-electron chi connectivity index (χ2n) is 4.97. The minimum atomic E-state index is -0.263. The molecule has 2 nitrogen and oxygen atoms in total. The molecule has 1 aromatic carbocycles. The Hall–Kier alpha value is -1.35. The lowest BCUT2D eigenvalue weighted by Crippen LogP contribution is -2.37. The summed E-state index contributed by atoms with van der Waals surface area (Å²) in [6.45, 7) is 2.05. The SMILES string of the molecule is COc1cc(F)cc(C2=CCC(C)(N)CC2)c1. The van der Waals surface area contributed by atoms with E-state index in [1.807, 2.05) is 13.0 Å². The summed E-state index contributed by atoms with van der Waals surface area (Å²) in [5.41, 5.74) is 8.00. The van der Waals surface area contributed by atoms with Crippen LogP contribution < -0.4 is 10.5 Å². The predicted molar refractivity (Wildman–Crippen MR) is 67.4 cm³/mol. The quantitative estimate of drug-likeness (QED) is 0.854. The summed E-state index contributed by atoms with van der Waals surface area (Å²) < 4.78 is 18.5. The maximum absolute atomic E-state index is 13.4. The Bertz CT molecular complexity index is 452. The first-order chi connectivity index (χ1) is 8.00. The van der Waals surface area contributed by atoms with Crippen molar-refractivity contribution in [2.24, 2.45) is 5.73 Å². The fourth-order valence-corrected chi connectivity index (χ4v) is 2.11. The Labute approximate surface area is 101 Å². The Morgan fingerprint density at radius 2 is 2.12 bits per heavy atom. The van der Waals surface area contributed by atoms with Crippen LogP contribution in [0.3, 0.4) is 0 Å². The van der Waals surface area contributed by atoms with Crippen LogP contribution in [0, 0.1) is 5.82 Å². The molecule has 0 radical (unpaired) electrons. The zero-order chi connectivity index (χ0) is 12.5. The largest absolute Gasteiger partial charge is 0.497 e. The Morgan fingerprint density at radius 1 is 1.35 bits per heavy atom. The summed E-state index contributed by atoms with van der Waals surface area (Å²) in [5.74, 6) is 0.295. The molecule has 0 aromatic heterocycles. The lowest BCUT2D eigenvalue weighted by molar-refractivity contribution is 0.410. The van der Waals surface area contributed by atoms with Crippen LogP contribution in [0.25, 0.3) is 5.57 Å². The number of hydrogen-bond donors (Lipinski definition) is 1. The number of nitrogens with two attached hydrogens (primary N) is 1. The van der Waals surface area contributed by atoms with Crippen molar-refractivity contribution >= 4 is 5.57 Å². The van der Waals surface area contributed by atoms with E-state index in [0.29, 0.717) is 5.75 Å². The molecular weight excluding hydrogens is 217 g/mol. The lowest BCUT2D eigenvalue weighted by Gasteiger charge is -2.28. The Morgan fingerprint density at radius 3 is 2.71 bits per heavy atom. The van der Waals surface area contributed by atoms with Crippen molar-refractivity contribution in [2.75, 3.05) is 7.11 Å². The molecule has 2 N–H and O–H groups in total. The predicted octanol–water partition coefficient (Wildman–Crippen LogP) is 3.12. The molecule has 1 atom stereocenters. The number of benzene rings is 1. The molecule has 1 unspecified atom stereocenters. The van der Waals surface area contributed by atoms with E-state index in [0.717, 1.165) is 30.4 Å². The van der Waals surface area contributed by atoms with Gasteiger partial charge in [-0.15, -0.1) is 0 Å². The van der Waals surface area contributed by atoms with E-state index in [1.54, 1.807) is 13.2 Å². The number of ether oxygens (including phenoxy) is 1. The van der Waals surface area contributed by atoms with Gasteiger partial charge < -0.3 is 10.5 Å². The van der Waals surface area contributed by atoms with Gasteiger partial charge in [-0.1, -0.05) is 6.08 Å². The van der Waals surface area contributed by atoms with Gasteiger partial charge in [0.05, 0.1) is 7.11 Å². The van der Waals surface area contributed by atoms with Crippen molar-refractivity contribution in [1.82, 2.24) is 0 Å². The molecular formula is C14H18FNO. The topological polar surface area (TPSA) is 35.2 Å². The molecule has 0 spiro atoms. The summed E-state index contributed by atoms with van der Waals surface area (Å²) in [6, 6.07) is 4.81. The Kier molecular flexibility index (Phi) is 3.20. The minimum Gasteiger partial charge on any atom is -0.497 e. The van der Waals surface area contributed by atoms with Gasteiger partial charge >= 0.3 is 0 Å². The number of rotatable bonds is 2. The van der Waals surface area contributed by atoms with E-state index in [2.05, 4.69) is 6.08 Å². The highest BCUT2D eigenvalue weighted by atomic mass is 19.1. The van der Waals surface area contributed by atoms with Crippen LogP contribution in [0.4, 0.5) is 4.39 Å². The first kappa shape index (κ1) is 12.1. The van der Waals surface area contributed by atoms with Gasteiger partial charge in [0.2, 0.25) is 0 Å². The van der Waals surface area contributed by atoms with Crippen LogP contribution in [-0.4, -0.2) is 12.6 Å². The van der Waals surface area contributed by atoms with Crippen LogP contribution >= 0.6 is 0 Å². The normalized spacial score (nSPS) is 24.4. The number of hydrogen-bond acceptors (Lipinski definition) is 2. The molecule has 92 valence electrons. The zero-order valence-corrected chi connectivity index (χ0v) is 10.3. The van der Waals surface area contributed by atoms with Gasteiger partial charge in [-0.05, 0) is 49.5 Å². The van der Waals surface area contributed by atoms with E-state index < -0.39 is 0 Å². The molecule has 1 aliphatic carbocycles. The van der Waals surface area contributed by atoms with Gasteiger partial charge in [0.15, 0.2) is 0 Å². The summed E-state index contributed by atoms with van der Waals surface area (Å²) in [6.07, 6.45) is 4.76. The monoisotopic (exact) mass is 235 g/mol. The zero-order valence-electron chi connectivity index (χ0n) is 10.3. The number of halogens is 1. The van der Waals surface area contributed by atoms with Gasteiger partial charge in [0, 0.05) is 11.6 Å². The molecule has 0 amide bonds. The number of allylic oxidation sites excluding steroid dienone is 1. The molecule has 17 heavy (non-hydrogen) atoms. The van der Waals surface area contributed by atoms with E-state index in [4.69, 9.17) is 10.5 Å². The van der Waals surface area contributed by atoms with E-state index >= 15 is 0 Å². The fraction of sp³-hybridized carbons (Fsp3) is 0.429. The maximum atomic E-state index is 13.4. The first-order valence-corrected chi connectivity index (χ1v) is 5.83. The average Bonchev–Trinajstić information content (AvgIpc) is 2.28. The molecule has 3 heteroatoms. The van der Waals surface area contributed by atoms with Gasteiger partial charge in [0.25, 0.3) is 0 Å². The van der Waals surface area contributed by atoms with Crippen LogP contribution in [0.5, 0.6) is 5.75 Å². The molecule has 1 aliphatic rings. The molecule has 0 bridgehead atoms. The van der Waals surface area contributed by atoms with Crippen molar-refractivity contribution in [3.05, 3.63) is 35.7 Å². The van der Waals surface area contributed by atoms with Crippen molar-refractivity contribution in [1.29, 1.82) is 0 Å². The lowest BCUT2D eigenvalue weighted by atomic mass is 9.83. The molecule has 0 fully saturated rings. The number of methoxy groups -OCH3 is 1. The van der Waals surface area contributed by atoms with Gasteiger partial charge in [0.1, 0.15) is 11.6 Å².